The second-order valence-corrected chi connectivity index (χ2v) is 6.04. The first-order valence-corrected chi connectivity index (χ1v) is 8.13. The molecule has 2 aromatic carbocycles. The van der Waals surface area contributed by atoms with E-state index < -0.39 is 0 Å². The van der Waals surface area contributed by atoms with Crippen molar-refractivity contribution in [2.45, 2.75) is 6.54 Å². The van der Waals surface area contributed by atoms with Crippen LogP contribution in [0.4, 0.5) is 5.82 Å². The van der Waals surface area contributed by atoms with Crippen LogP contribution in [0.15, 0.2) is 71.3 Å². The molecule has 6 heteroatoms. The van der Waals surface area contributed by atoms with Gasteiger partial charge in [0.05, 0.1) is 12.7 Å². The van der Waals surface area contributed by atoms with Crippen LogP contribution >= 0.6 is 11.6 Å². The minimum Gasteiger partial charge on any atom is -0.451 e. The van der Waals surface area contributed by atoms with Crippen LogP contribution in [0.25, 0.3) is 11.0 Å². The van der Waals surface area contributed by atoms with E-state index >= 15 is 0 Å². The molecule has 124 valence electrons. The van der Waals surface area contributed by atoms with Gasteiger partial charge in [-0.25, -0.2) is 4.68 Å². The van der Waals surface area contributed by atoms with Gasteiger partial charge in [-0.05, 0) is 29.8 Å². The molecule has 1 amide bonds. The Bertz CT molecular complexity index is 1040. The van der Waals surface area contributed by atoms with Crippen molar-refractivity contribution < 1.29 is 9.21 Å². The zero-order valence-electron chi connectivity index (χ0n) is 13.1. The number of fused-ring (bicyclic) bond motifs is 1. The summed E-state index contributed by atoms with van der Waals surface area (Å²) in [6, 6.07) is 18.6. The van der Waals surface area contributed by atoms with Gasteiger partial charge < -0.3 is 9.73 Å². The molecule has 4 rings (SSSR count). The SMILES string of the molecule is O=C(Nc1ccnn1Cc1ccccc1)c1cc2cc(Cl)ccc2o1. The molecule has 2 heterocycles. The molecule has 0 bridgehead atoms. The molecule has 0 saturated carbocycles. The van der Waals surface area contributed by atoms with E-state index in [0.29, 0.717) is 23.0 Å². The zero-order chi connectivity index (χ0) is 17.2. The van der Waals surface area contributed by atoms with Gasteiger partial charge in [-0.1, -0.05) is 41.9 Å². The van der Waals surface area contributed by atoms with Crippen molar-refractivity contribution in [1.82, 2.24) is 9.78 Å². The Morgan fingerprint density at radius 1 is 1.12 bits per heavy atom. The zero-order valence-corrected chi connectivity index (χ0v) is 13.9. The van der Waals surface area contributed by atoms with Gasteiger partial charge in [0, 0.05) is 16.5 Å². The molecule has 5 nitrogen and oxygen atoms in total. The normalized spacial score (nSPS) is 10.9. The third-order valence-electron chi connectivity index (χ3n) is 3.84. The molecule has 0 unspecified atom stereocenters. The second-order valence-electron chi connectivity index (χ2n) is 5.61. The quantitative estimate of drug-likeness (QED) is 0.585. The highest BCUT2D eigenvalue weighted by molar-refractivity contribution is 6.31. The summed E-state index contributed by atoms with van der Waals surface area (Å²) in [6.45, 7) is 0.569. The van der Waals surface area contributed by atoms with Crippen LogP contribution in [-0.4, -0.2) is 15.7 Å². The van der Waals surface area contributed by atoms with E-state index in [1.54, 1.807) is 41.2 Å². The number of hydrogen-bond acceptors (Lipinski definition) is 3. The van der Waals surface area contributed by atoms with Crippen LogP contribution in [0, 0.1) is 0 Å². The molecule has 1 N–H and O–H groups in total. The lowest BCUT2D eigenvalue weighted by Gasteiger charge is -2.08. The molecule has 0 spiro atoms. The summed E-state index contributed by atoms with van der Waals surface area (Å²) in [7, 11) is 0. The molecule has 4 aromatic rings. The summed E-state index contributed by atoms with van der Waals surface area (Å²) in [5.74, 6) is 0.499. The van der Waals surface area contributed by atoms with Gasteiger partial charge in [0.1, 0.15) is 11.4 Å². The molecule has 0 fully saturated rings. The number of halogens is 1. The van der Waals surface area contributed by atoms with Crippen LogP contribution in [-0.2, 0) is 6.54 Å². The fourth-order valence-corrected chi connectivity index (χ4v) is 2.81. The number of benzene rings is 2. The van der Waals surface area contributed by atoms with Crippen LogP contribution in [0.2, 0.25) is 5.02 Å². The molecular weight excluding hydrogens is 338 g/mol. The summed E-state index contributed by atoms with van der Waals surface area (Å²) in [5, 5.41) is 8.49. The lowest BCUT2D eigenvalue weighted by molar-refractivity contribution is 0.0997. The number of amides is 1. The Balaban J connectivity index is 1.55. The molecular formula is C19H14ClN3O2. The number of anilines is 1. The Kier molecular flexibility index (Phi) is 3.99. The van der Waals surface area contributed by atoms with Gasteiger partial charge in [0.25, 0.3) is 5.91 Å². The maximum absolute atomic E-state index is 12.5. The largest absolute Gasteiger partial charge is 0.451 e. The van der Waals surface area contributed by atoms with E-state index in [4.69, 9.17) is 16.0 Å². The van der Waals surface area contributed by atoms with E-state index in [0.717, 1.165) is 10.9 Å². The Hall–Kier alpha value is -3.05. The molecule has 0 atom stereocenters. The van der Waals surface area contributed by atoms with E-state index in [1.165, 1.54) is 0 Å². The van der Waals surface area contributed by atoms with Crippen molar-refractivity contribution in [1.29, 1.82) is 0 Å². The molecule has 2 aromatic heterocycles. The topological polar surface area (TPSA) is 60.1 Å². The number of carbonyl (C=O) groups is 1. The molecule has 25 heavy (non-hydrogen) atoms. The summed E-state index contributed by atoms with van der Waals surface area (Å²) < 4.78 is 7.32. The summed E-state index contributed by atoms with van der Waals surface area (Å²) in [4.78, 5) is 12.5. The predicted octanol–water partition coefficient (Wildman–Crippen LogP) is 4.58. The maximum atomic E-state index is 12.5. The van der Waals surface area contributed by atoms with Crippen molar-refractivity contribution in [3.63, 3.8) is 0 Å². The van der Waals surface area contributed by atoms with Gasteiger partial charge in [-0.2, -0.15) is 5.10 Å². The highest BCUT2D eigenvalue weighted by Gasteiger charge is 2.15. The smallest absolute Gasteiger partial charge is 0.292 e. The van der Waals surface area contributed by atoms with E-state index in [1.807, 2.05) is 30.3 Å². The third kappa shape index (κ3) is 3.27. The second kappa shape index (κ2) is 6.45. The first kappa shape index (κ1) is 15.5. The average Bonchev–Trinajstić information content (AvgIpc) is 3.22. The van der Waals surface area contributed by atoms with Gasteiger partial charge in [0.15, 0.2) is 5.76 Å². The van der Waals surface area contributed by atoms with E-state index in [9.17, 15) is 4.79 Å². The Morgan fingerprint density at radius 2 is 1.96 bits per heavy atom. The number of rotatable bonds is 4. The lowest BCUT2D eigenvalue weighted by atomic mass is 10.2. The minimum atomic E-state index is -0.331. The van der Waals surface area contributed by atoms with E-state index in [-0.39, 0.29) is 11.7 Å². The fraction of sp³-hybridized carbons (Fsp3) is 0.0526. The molecule has 0 aliphatic rings. The van der Waals surface area contributed by atoms with Crippen molar-refractivity contribution in [2.75, 3.05) is 5.32 Å². The third-order valence-corrected chi connectivity index (χ3v) is 4.07. The van der Waals surface area contributed by atoms with Gasteiger partial charge >= 0.3 is 0 Å². The first-order chi connectivity index (χ1) is 12.2. The van der Waals surface area contributed by atoms with Crippen molar-refractivity contribution >= 4 is 34.3 Å². The fourth-order valence-electron chi connectivity index (χ4n) is 2.63. The van der Waals surface area contributed by atoms with Gasteiger partial charge in [-0.15, -0.1) is 0 Å². The van der Waals surface area contributed by atoms with Gasteiger partial charge in [-0.3, -0.25) is 4.79 Å². The summed E-state index contributed by atoms with van der Waals surface area (Å²) in [5.41, 5.74) is 1.72. The highest BCUT2D eigenvalue weighted by atomic mass is 35.5. The Morgan fingerprint density at radius 3 is 2.80 bits per heavy atom. The molecule has 0 saturated heterocycles. The van der Waals surface area contributed by atoms with Crippen LogP contribution < -0.4 is 5.32 Å². The summed E-state index contributed by atoms with van der Waals surface area (Å²) >= 11 is 5.97. The molecule has 0 aliphatic heterocycles. The summed E-state index contributed by atoms with van der Waals surface area (Å²) in [6.07, 6.45) is 1.65. The predicted molar refractivity (Wildman–Crippen MR) is 96.9 cm³/mol. The minimum absolute atomic E-state index is 0.227. The van der Waals surface area contributed by atoms with E-state index in [2.05, 4.69) is 10.4 Å². The van der Waals surface area contributed by atoms with Crippen LogP contribution in [0.1, 0.15) is 16.1 Å². The van der Waals surface area contributed by atoms with Crippen molar-refractivity contribution in [2.24, 2.45) is 0 Å². The highest BCUT2D eigenvalue weighted by Crippen LogP contribution is 2.23. The number of hydrogen-bond donors (Lipinski definition) is 1. The molecule has 0 aliphatic carbocycles. The first-order valence-electron chi connectivity index (χ1n) is 7.75. The van der Waals surface area contributed by atoms with Crippen LogP contribution in [0.5, 0.6) is 0 Å². The lowest BCUT2D eigenvalue weighted by Crippen LogP contribution is -2.15. The number of nitrogens with one attached hydrogen (secondary N) is 1. The number of aromatic nitrogens is 2. The Labute approximate surface area is 148 Å². The number of nitrogens with zero attached hydrogens (tertiary/aromatic N) is 2. The number of carbonyl (C=O) groups excluding carboxylic acids is 1. The van der Waals surface area contributed by atoms with Gasteiger partial charge in [0.2, 0.25) is 0 Å². The van der Waals surface area contributed by atoms with Crippen LogP contribution in [0.3, 0.4) is 0 Å². The average molecular weight is 352 g/mol. The monoisotopic (exact) mass is 351 g/mol. The molecule has 0 radical (unpaired) electrons. The maximum Gasteiger partial charge on any atom is 0.292 e. The van der Waals surface area contributed by atoms with Crippen molar-refractivity contribution in [3.05, 3.63) is 83.2 Å². The van der Waals surface area contributed by atoms with Crippen molar-refractivity contribution in [3.8, 4) is 0 Å². The number of furan rings is 1. The standard InChI is InChI=1S/C19H14ClN3O2/c20-15-6-7-16-14(10-15)11-17(25-16)19(24)22-18-8-9-21-23(18)12-13-4-2-1-3-5-13/h1-11H,12H2,(H,22,24).